The van der Waals surface area contributed by atoms with Crippen LogP contribution in [0.4, 0.5) is 0 Å². The fraction of sp³-hybridized carbons (Fsp3) is 0.500. The van der Waals surface area contributed by atoms with Gasteiger partial charge in [-0.3, -0.25) is 4.79 Å². The molecule has 5 heteroatoms. The highest BCUT2D eigenvalue weighted by atomic mass is 16.5. The molecule has 1 aromatic rings. The number of allylic oxidation sites excluding steroid dienone is 2. The molecule has 0 N–H and O–H groups in total. The third-order valence-electron chi connectivity index (χ3n) is 6.72. The number of fused-ring (bicyclic) bond motifs is 2. The van der Waals surface area contributed by atoms with Gasteiger partial charge in [0.2, 0.25) is 0 Å². The molecular weight excluding hydrogens is 320 g/mol. The van der Waals surface area contributed by atoms with Crippen molar-refractivity contribution < 1.29 is 23.5 Å². The number of carbonyl (C=O) groups excluding carboxylic acids is 2. The molecule has 1 aromatic heterocycles. The molecule has 2 aliphatic heterocycles. The van der Waals surface area contributed by atoms with Crippen LogP contribution in [0.2, 0.25) is 0 Å². The van der Waals surface area contributed by atoms with Crippen molar-refractivity contribution in [2.24, 2.45) is 16.7 Å². The van der Waals surface area contributed by atoms with Gasteiger partial charge in [-0.25, -0.2) is 4.79 Å². The van der Waals surface area contributed by atoms with E-state index in [4.69, 9.17) is 13.9 Å². The molecule has 2 aliphatic carbocycles. The summed E-state index contributed by atoms with van der Waals surface area (Å²) in [4.78, 5) is 25.2. The molecule has 5 nitrogen and oxygen atoms in total. The zero-order valence-electron chi connectivity index (χ0n) is 14.1. The van der Waals surface area contributed by atoms with Crippen LogP contribution < -0.4 is 0 Å². The van der Waals surface area contributed by atoms with Crippen LogP contribution in [0, 0.1) is 16.7 Å². The maximum atomic E-state index is 13.0. The summed E-state index contributed by atoms with van der Waals surface area (Å²) in [5.41, 5.74) is 1.68. The highest BCUT2D eigenvalue weighted by molar-refractivity contribution is 6.02. The number of hydrogen-bond donors (Lipinski definition) is 0. The zero-order valence-corrected chi connectivity index (χ0v) is 14.1. The van der Waals surface area contributed by atoms with Gasteiger partial charge in [0.1, 0.15) is 12.7 Å². The van der Waals surface area contributed by atoms with Crippen LogP contribution in [0.1, 0.15) is 44.3 Å². The lowest BCUT2D eigenvalue weighted by atomic mass is 9.47. The average Bonchev–Trinajstić information content (AvgIpc) is 3.23. The van der Waals surface area contributed by atoms with E-state index in [9.17, 15) is 9.59 Å². The number of cyclic esters (lactones) is 1. The molecule has 1 spiro atoms. The van der Waals surface area contributed by atoms with E-state index in [0.717, 1.165) is 29.6 Å². The summed E-state index contributed by atoms with van der Waals surface area (Å²) < 4.78 is 16.5. The molecular formula is C20H20O5. The van der Waals surface area contributed by atoms with Gasteiger partial charge in [0.25, 0.3) is 0 Å². The number of furan rings is 1. The van der Waals surface area contributed by atoms with Crippen molar-refractivity contribution in [2.75, 3.05) is 6.61 Å². The Kier molecular flexibility index (Phi) is 2.92. The first-order chi connectivity index (χ1) is 12.0. The topological polar surface area (TPSA) is 65.7 Å². The molecule has 0 amide bonds. The standard InChI is InChI=1S/C20H20O5/c1-19-8-16(12-5-6-23-9-12)24-10-14(19)15(21)7-20-11-25-18(22)13(20)3-2-4-17(19)20/h3,5-6,9-10,16-17H,2,4,7-8,11H2,1H3/t16-,17-,19+,20-/m1/s1. The number of hydrogen-bond acceptors (Lipinski definition) is 5. The third-order valence-corrected chi connectivity index (χ3v) is 6.72. The Morgan fingerprint density at radius 3 is 2.92 bits per heavy atom. The Morgan fingerprint density at radius 1 is 1.24 bits per heavy atom. The number of carbonyl (C=O) groups is 2. The molecule has 25 heavy (non-hydrogen) atoms. The number of ketones is 1. The van der Waals surface area contributed by atoms with Crippen molar-refractivity contribution in [2.45, 2.75) is 38.7 Å². The third kappa shape index (κ3) is 1.84. The smallest absolute Gasteiger partial charge is 0.334 e. The van der Waals surface area contributed by atoms with Crippen molar-refractivity contribution in [3.8, 4) is 0 Å². The maximum Gasteiger partial charge on any atom is 0.334 e. The minimum Gasteiger partial charge on any atom is -0.493 e. The van der Waals surface area contributed by atoms with Gasteiger partial charge in [-0.15, -0.1) is 0 Å². The van der Waals surface area contributed by atoms with E-state index in [2.05, 4.69) is 6.92 Å². The van der Waals surface area contributed by atoms with Crippen LogP contribution in [0.3, 0.4) is 0 Å². The van der Waals surface area contributed by atoms with E-state index in [1.54, 1.807) is 18.8 Å². The summed E-state index contributed by atoms with van der Waals surface area (Å²) in [7, 11) is 0. The number of rotatable bonds is 1. The van der Waals surface area contributed by atoms with Gasteiger partial charge in [0.05, 0.1) is 18.8 Å². The zero-order chi connectivity index (χ0) is 17.2. The highest BCUT2D eigenvalue weighted by Crippen LogP contribution is 2.64. The first kappa shape index (κ1) is 15.0. The summed E-state index contributed by atoms with van der Waals surface area (Å²) in [6.07, 6.45) is 9.71. The van der Waals surface area contributed by atoms with E-state index in [0.29, 0.717) is 19.4 Å². The van der Waals surface area contributed by atoms with Gasteiger partial charge in [0.15, 0.2) is 5.78 Å². The van der Waals surface area contributed by atoms with Crippen LogP contribution >= 0.6 is 0 Å². The Balaban J connectivity index is 1.61. The molecule has 5 rings (SSSR count). The number of ether oxygens (including phenoxy) is 2. The van der Waals surface area contributed by atoms with E-state index in [1.165, 1.54) is 0 Å². The first-order valence-corrected chi connectivity index (χ1v) is 8.84. The van der Waals surface area contributed by atoms with Gasteiger partial charge >= 0.3 is 5.97 Å². The SMILES string of the molecule is C[C@]12C[C@H](c3ccoc3)OC=C1C(=O)C[C@@]13COC(=O)C1=CCC[C@@H]32. The van der Waals surface area contributed by atoms with E-state index in [1.807, 2.05) is 12.1 Å². The van der Waals surface area contributed by atoms with Gasteiger partial charge in [-0.2, -0.15) is 0 Å². The Bertz CT molecular complexity index is 817. The Morgan fingerprint density at radius 2 is 2.12 bits per heavy atom. The number of esters is 1. The Hall–Kier alpha value is -2.30. The molecule has 4 aliphatic rings. The normalized spacial score (nSPS) is 39.4. The lowest BCUT2D eigenvalue weighted by Gasteiger charge is -2.55. The molecule has 0 radical (unpaired) electrons. The maximum absolute atomic E-state index is 13.0. The summed E-state index contributed by atoms with van der Waals surface area (Å²) in [5, 5.41) is 0. The second-order valence-electron chi connectivity index (χ2n) is 7.91. The molecule has 2 fully saturated rings. The van der Waals surface area contributed by atoms with Gasteiger partial charge < -0.3 is 13.9 Å². The molecule has 3 heterocycles. The molecule has 4 atom stereocenters. The van der Waals surface area contributed by atoms with E-state index >= 15 is 0 Å². The second kappa shape index (κ2) is 4.87. The molecule has 1 saturated carbocycles. The van der Waals surface area contributed by atoms with E-state index < -0.39 is 5.41 Å². The van der Waals surface area contributed by atoms with Crippen molar-refractivity contribution in [1.82, 2.24) is 0 Å². The molecule has 0 aromatic carbocycles. The minimum absolute atomic E-state index is 0.0792. The van der Waals surface area contributed by atoms with Crippen molar-refractivity contribution in [3.05, 3.63) is 47.6 Å². The summed E-state index contributed by atoms with van der Waals surface area (Å²) in [6.45, 7) is 2.48. The summed E-state index contributed by atoms with van der Waals surface area (Å²) in [5.74, 6) is 0.0381. The highest BCUT2D eigenvalue weighted by Gasteiger charge is 2.64. The monoisotopic (exact) mass is 340 g/mol. The minimum atomic E-state index is -0.462. The van der Waals surface area contributed by atoms with Crippen molar-refractivity contribution in [3.63, 3.8) is 0 Å². The molecule has 1 saturated heterocycles. The van der Waals surface area contributed by atoms with Gasteiger partial charge in [-0.1, -0.05) is 13.0 Å². The van der Waals surface area contributed by atoms with Crippen LogP contribution in [0.15, 0.2) is 46.5 Å². The second-order valence-corrected chi connectivity index (χ2v) is 7.91. The lowest BCUT2D eigenvalue weighted by Crippen LogP contribution is -2.53. The van der Waals surface area contributed by atoms with Crippen LogP contribution in [-0.2, 0) is 19.1 Å². The fourth-order valence-electron chi connectivity index (χ4n) is 5.57. The van der Waals surface area contributed by atoms with Crippen molar-refractivity contribution >= 4 is 11.8 Å². The van der Waals surface area contributed by atoms with Crippen molar-refractivity contribution in [1.29, 1.82) is 0 Å². The molecule has 130 valence electrons. The van der Waals surface area contributed by atoms with E-state index in [-0.39, 0.29) is 29.2 Å². The molecule has 0 unspecified atom stereocenters. The Labute approximate surface area is 145 Å². The van der Waals surface area contributed by atoms with Crippen LogP contribution in [-0.4, -0.2) is 18.4 Å². The first-order valence-electron chi connectivity index (χ1n) is 8.84. The quantitative estimate of drug-likeness (QED) is 0.732. The van der Waals surface area contributed by atoms with Crippen LogP contribution in [0.25, 0.3) is 0 Å². The summed E-state index contributed by atoms with van der Waals surface area (Å²) in [6, 6.07) is 1.90. The number of Topliss-reactive ketones (excluding diaryl/α,β-unsaturated/α-hetero) is 1. The lowest BCUT2D eigenvalue weighted by molar-refractivity contribution is -0.136. The predicted octanol–water partition coefficient (Wildman–Crippen LogP) is 3.48. The average molecular weight is 340 g/mol. The van der Waals surface area contributed by atoms with Gasteiger partial charge in [0, 0.05) is 34.0 Å². The summed E-state index contributed by atoms with van der Waals surface area (Å²) >= 11 is 0. The van der Waals surface area contributed by atoms with Crippen LogP contribution in [0.5, 0.6) is 0 Å². The predicted molar refractivity (Wildman–Crippen MR) is 87.2 cm³/mol. The molecule has 0 bridgehead atoms. The largest absolute Gasteiger partial charge is 0.493 e. The van der Waals surface area contributed by atoms with Gasteiger partial charge in [-0.05, 0) is 31.2 Å². The fourth-order valence-corrected chi connectivity index (χ4v) is 5.57.